The van der Waals surface area contributed by atoms with Crippen molar-refractivity contribution in [1.29, 1.82) is 0 Å². The van der Waals surface area contributed by atoms with Crippen molar-refractivity contribution >= 4 is 11.9 Å². The van der Waals surface area contributed by atoms with E-state index < -0.39 is 11.9 Å². The van der Waals surface area contributed by atoms with Crippen molar-refractivity contribution in [2.45, 2.75) is 20.3 Å². The van der Waals surface area contributed by atoms with Crippen LogP contribution in [0.25, 0.3) is 0 Å². The Morgan fingerprint density at radius 3 is 2.79 bits per heavy atom. The fraction of sp³-hybridized carbons (Fsp3) is 0.429. The topological polar surface area (TPSA) is 75.6 Å². The van der Waals surface area contributed by atoms with E-state index >= 15 is 0 Å². The number of ether oxygens (including phenoxy) is 1. The average Bonchev–Trinajstić information content (AvgIpc) is 2.36. The molecule has 1 aromatic rings. The molecule has 0 aromatic heterocycles. The maximum atomic E-state index is 11.4. The highest BCUT2D eigenvalue weighted by Gasteiger charge is 2.11. The summed E-state index contributed by atoms with van der Waals surface area (Å²) in [6.07, 6.45) is 0.209. The lowest BCUT2D eigenvalue weighted by molar-refractivity contribution is -0.141. The number of benzene rings is 1. The molecule has 104 valence electrons. The maximum absolute atomic E-state index is 11.4. The van der Waals surface area contributed by atoms with Gasteiger partial charge in [-0.2, -0.15) is 0 Å². The number of carbonyl (C=O) groups excluding carboxylic acids is 1. The van der Waals surface area contributed by atoms with Gasteiger partial charge in [0.25, 0.3) is 0 Å². The highest BCUT2D eigenvalue weighted by atomic mass is 16.5. The third-order valence-electron chi connectivity index (χ3n) is 2.61. The maximum Gasteiger partial charge on any atom is 0.308 e. The van der Waals surface area contributed by atoms with Crippen LogP contribution in [-0.2, 0) is 9.59 Å². The summed E-state index contributed by atoms with van der Waals surface area (Å²) in [5.74, 6) is -0.981. The van der Waals surface area contributed by atoms with Crippen LogP contribution in [-0.4, -0.2) is 30.1 Å². The number of carbonyl (C=O) groups is 2. The highest BCUT2D eigenvalue weighted by Crippen LogP contribution is 2.12. The van der Waals surface area contributed by atoms with Gasteiger partial charge in [0.15, 0.2) is 0 Å². The summed E-state index contributed by atoms with van der Waals surface area (Å²) < 4.78 is 5.43. The third kappa shape index (κ3) is 5.90. The number of rotatable bonds is 7. The van der Waals surface area contributed by atoms with Gasteiger partial charge in [0.2, 0.25) is 5.91 Å². The molecule has 0 saturated heterocycles. The molecule has 0 bridgehead atoms. The molecule has 0 fully saturated rings. The van der Waals surface area contributed by atoms with Crippen LogP contribution in [0.3, 0.4) is 0 Å². The Morgan fingerprint density at radius 2 is 2.16 bits per heavy atom. The van der Waals surface area contributed by atoms with E-state index in [4.69, 9.17) is 9.84 Å². The van der Waals surface area contributed by atoms with Crippen molar-refractivity contribution in [1.82, 2.24) is 5.32 Å². The monoisotopic (exact) mass is 265 g/mol. The highest BCUT2D eigenvalue weighted by molar-refractivity contribution is 5.77. The van der Waals surface area contributed by atoms with E-state index in [-0.39, 0.29) is 25.5 Å². The molecule has 5 heteroatoms. The number of amides is 1. The van der Waals surface area contributed by atoms with E-state index in [1.165, 1.54) is 0 Å². The van der Waals surface area contributed by atoms with Crippen LogP contribution in [0.5, 0.6) is 5.75 Å². The first-order chi connectivity index (χ1) is 8.99. The molecule has 0 heterocycles. The molecule has 1 unspecified atom stereocenters. The second kappa shape index (κ2) is 7.41. The first-order valence-corrected chi connectivity index (χ1v) is 6.18. The lowest BCUT2D eigenvalue weighted by Gasteiger charge is -2.09. The van der Waals surface area contributed by atoms with E-state index in [1.54, 1.807) is 6.92 Å². The Kier molecular flexibility index (Phi) is 5.85. The zero-order valence-corrected chi connectivity index (χ0v) is 11.2. The SMILES string of the molecule is Cc1cccc(OCCC(=O)NCC(C)C(=O)O)c1. The Bertz CT molecular complexity index is 445. The molecule has 0 aliphatic rings. The molecular formula is C14H19NO4. The summed E-state index contributed by atoms with van der Waals surface area (Å²) in [6.45, 7) is 3.92. The Labute approximate surface area is 112 Å². The van der Waals surface area contributed by atoms with E-state index in [0.717, 1.165) is 11.3 Å². The molecule has 0 radical (unpaired) electrons. The summed E-state index contributed by atoms with van der Waals surface area (Å²) in [7, 11) is 0. The summed E-state index contributed by atoms with van der Waals surface area (Å²) in [4.78, 5) is 22.0. The second-order valence-corrected chi connectivity index (χ2v) is 4.46. The molecule has 19 heavy (non-hydrogen) atoms. The molecule has 0 spiro atoms. The summed E-state index contributed by atoms with van der Waals surface area (Å²) >= 11 is 0. The molecule has 1 aromatic carbocycles. The van der Waals surface area contributed by atoms with Crippen LogP contribution in [0.15, 0.2) is 24.3 Å². The fourth-order valence-electron chi connectivity index (χ4n) is 1.41. The minimum Gasteiger partial charge on any atom is -0.493 e. The van der Waals surface area contributed by atoms with Crippen LogP contribution in [0.1, 0.15) is 18.9 Å². The van der Waals surface area contributed by atoms with Crippen molar-refractivity contribution in [2.24, 2.45) is 5.92 Å². The molecule has 1 atom stereocenters. The molecular weight excluding hydrogens is 246 g/mol. The Morgan fingerprint density at radius 1 is 1.42 bits per heavy atom. The van der Waals surface area contributed by atoms with Gasteiger partial charge in [0.1, 0.15) is 5.75 Å². The van der Waals surface area contributed by atoms with Crippen molar-refractivity contribution in [3.05, 3.63) is 29.8 Å². The quantitative estimate of drug-likeness (QED) is 0.785. The molecule has 1 amide bonds. The fourth-order valence-corrected chi connectivity index (χ4v) is 1.41. The van der Waals surface area contributed by atoms with Gasteiger partial charge < -0.3 is 15.2 Å². The standard InChI is InChI=1S/C14H19NO4/c1-10-4-3-5-12(8-10)19-7-6-13(16)15-9-11(2)14(17)18/h3-5,8,11H,6-7,9H2,1-2H3,(H,15,16)(H,17,18). The first kappa shape index (κ1) is 15.0. The predicted molar refractivity (Wildman–Crippen MR) is 71.1 cm³/mol. The van der Waals surface area contributed by atoms with Crippen LogP contribution < -0.4 is 10.1 Å². The van der Waals surface area contributed by atoms with E-state index in [9.17, 15) is 9.59 Å². The number of carboxylic acids is 1. The number of hydrogen-bond donors (Lipinski definition) is 2. The van der Waals surface area contributed by atoms with Crippen molar-refractivity contribution < 1.29 is 19.4 Å². The minimum absolute atomic E-state index is 0.138. The Hall–Kier alpha value is -2.04. The van der Waals surface area contributed by atoms with Crippen LogP contribution in [0.2, 0.25) is 0 Å². The lowest BCUT2D eigenvalue weighted by Crippen LogP contribution is -2.32. The van der Waals surface area contributed by atoms with Gasteiger partial charge in [0.05, 0.1) is 18.9 Å². The largest absolute Gasteiger partial charge is 0.493 e. The smallest absolute Gasteiger partial charge is 0.308 e. The van der Waals surface area contributed by atoms with Gasteiger partial charge >= 0.3 is 5.97 Å². The Balaban J connectivity index is 2.22. The predicted octanol–water partition coefficient (Wildman–Crippen LogP) is 1.60. The van der Waals surface area contributed by atoms with Crippen molar-refractivity contribution in [2.75, 3.05) is 13.2 Å². The van der Waals surface area contributed by atoms with E-state index in [1.807, 2.05) is 31.2 Å². The lowest BCUT2D eigenvalue weighted by atomic mass is 10.2. The van der Waals surface area contributed by atoms with Crippen LogP contribution in [0, 0.1) is 12.8 Å². The van der Waals surface area contributed by atoms with Gasteiger partial charge in [-0.1, -0.05) is 19.1 Å². The average molecular weight is 265 g/mol. The van der Waals surface area contributed by atoms with Crippen LogP contribution >= 0.6 is 0 Å². The number of aryl methyl sites for hydroxylation is 1. The van der Waals surface area contributed by atoms with Crippen molar-refractivity contribution in [3.8, 4) is 5.75 Å². The molecule has 1 rings (SSSR count). The summed E-state index contributed by atoms with van der Waals surface area (Å²) in [5.41, 5.74) is 1.09. The molecule has 0 aliphatic carbocycles. The summed E-state index contributed by atoms with van der Waals surface area (Å²) in [6, 6.07) is 7.58. The van der Waals surface area contributed by atoms with Crippen molar-refractivity contribution in [3.63, 3.8) is 0 Å². The molecule has 0 aliphatic heterocycles. The van der Waals surface area contributed by atoms with Gasteiger partial charge in [-0.05, 0) is 24.6 Å². The zero-order chi connectivity index (χ0) is 14.3. The third-order valence-corrected chi connectivity index (χ3v) is 2.61. The van der Waals surface area contributed by atoms with Gasteiger partial charge in [-0.15, -0.1) is 0 Å². The molecule has 2 N–H and O–H groups in total. The van der Waals surface area contributed by atoms with E-state index in [0.29, 0.717) is 0 Å². The minimum atomic E-state index is -0.920. The second-order valence-electron chi connectivity index (χ2n) is 4.46. The molecule has 0 saturated carbocycles. The van der Waals surface area contributed by atoms with Crippen LogP contribution in [0.4, 0.5) is 0 Å². The van der Waals surface area contributed by atoms with Gasteiger partial charge in [0, 0.05) is 6.54 Å². The zero-order valence-electron chi connectivity index (χ0n) is 11.2. The van der Waals surface area contributed by atoms with Gasteiger partial charge in [-0.25, -0.2) is 0 Å². The number of aliphatic carboxylic acids is 1. The van der Waals surface area contributed by atoms with Gasteiger partial charge in [-0.3, -0.25) is 9.59 Å². The van der Waals surface area contributed by atoms with E-state index in [2.05, 4.69) is 5.32 Å². The number of carboxylic acid groups (broad SMARTS) is 1. The molecule has 5 nitrogen and oxygen atoms in total. The number of hydrogen-bond acceptors (Lipinski definition) is 3. The summed E-state index contributed by atoms with van der Waals surface area (Å²) in [5, 5.41) is 11.2. The normalized spacial score (nSPS) is 11.7. The first-order valence-electron chi connectivity index (χ1n) is 6.18. The number of nitrogens with one attached hydrogen (secondary N) is 1.